The van der Waals surface area contributed by atoms with Crippen LogP contribution >= 0.6 is 0 Å². The van der Waals surface area contributed by atoms with Crippen LogP contribution < -0.4 is 0 Å². The molecule has 11 rings (SSSR count). The van der Waals surface area contributed by atoms with Crippen molar-refractivity contribution in [1.82, 2.24) is 19.9 Å². The summed E-state index contributed by atoms with van der Waals surface area (Å²) in [6, 6.07) is 73.2. The predicted octanol–water partition coefficient (Wildman–Crippen LogP) is 14.5. The lowest BCUT2D eigenvalue weighted by Crippen LogP contribution is -2.00. The zero-order valence-electron chi connectivity index (χ0n) is 33.0. The number of nitrogens with zero attached hydrogens (tertiary/aromatic N) is 4. The molecule has 0 fully saturated rings. The monoisotopic (exact) mass is 780 g/mol. The summed E-state index contributed by atoms with van der Waals surface area (Å²) in [6.07, 6.45) is 1.96. The number of fused-ring (bicyclic) bond motifs is 3. The van der Waals surface area contributed by atoms with Gasteiger partial charge in [0.1, 0.15) is 11.2 Å². The van der Waals surface area contributed by atoms with Crippen molar-refractivity contribution in [1.29, 1.82) is 0 Å². The van der Waals surface area contributed by atoms with E-state index in [2.05, 4.69) is 146 Å². The molecule has 0 saturated carbocycles. The van der Waals surface area contributed by atoms with Crippen molar-refractivity contribution >= 4 is 21.9 Å². The van der Waals surface area contributed by atoms with Gasteiger partial charge in [-0.1, -0.05) is 170 Å². The first kappa shape index (κ1) is 35.8. The Bertz CT molecular complexity index is 3250. The largest absolute Gasteiger partial charge is 0.456 e. The highest BCUT2D eigenvalue weighted by atomic mass is 16.3. The van der Waals surface area contributed by atoms with Gasteiger partial charge < -0.3 is 4.42 Å². The average molecular weight is 781 g/mol. The maximum Gasteiger partial charge on any atom is 0.164 e. The molecule has 0 N–H and O–H groups in total. The van der Waals surface area contributed by atoms with Crippen LogP contribution in [0.2, 0.25) is 0 Å². The van der Waals surface area contributed by atoms with Crippen molar-refractivity contribution in [3.8, 4) is 89.9 Å². The molecule has 3 heterocycles. The Morgan fingerprint density at radius 2 is 0.770 bits per heavy atom. The molecule has 11 aromatic rings. The van der Waals surface area contributed by atoms with Crippen LogP contribution in [0.25, 0.3) is 112 Å². The van der Waals surface area contributed by atoms with Gasteiger partial charge in [-0.3, -0.25) is 4.98 Å². The minimum atomic E-state index is 0.577. The van der Waals surface area contributed by atoms with Crippen LogP contribution in [0.4, 0.5) is 0 Å². The van der Waals surface area contributed by atoms with E-state index in [1.165, 1.54) is 11.1 Å². The van der Waals surface area contributed by atoms with E-state index in [0.717, 1.165) is 83.3 Å². The summed E-state index contributed by atoms with van der Waals surface area (Å²) in [5.41, 5.74) is 15.2. The fraction of sp³-hybridized carbons (Fsp3) is 0. The topological polar surface area (TPSA) is 64.7 Å². The maximum atomic E-state index is 6.48. The molecule has 0 spiro atoms. The van der Waals surface area contributed by atoms with E-state index in [1.54, 1.807) is 0 Å². The molecular weight excluding hydrogens is 745 g/mol. The first-order valence-electron chi connectivity index (χ1n) is 20.4. The normalized spacial score (nSPS) is 11.3. The van der Waals surface area contributed by atoms with Crippen molar-refractivity contribution in [3.63, 3.8) is 0 Å². The minimum Gasteiger partial charge on any atom is -0.456 e. The van der Waals surface area contributed by atoms with Crippen molar-refractivity contribution in [2.24, 2.45) is 0 Å². The van der Waals surface area contributed by atoms with Gasteiger partial charge in [0.25, 0.3) is 0 Å². The number of hydrogen-bond acceptors (Lipinski definition) is 5. The third-order valence-electron chi connectivity index (χ3n) is 11.2. The lowest BCUT2D eigenvalue weighted by molar-refractivity contribution is 0.669. The van der Waals surface area contributed by atoms with Gasteiger partial charge in [-0.15, -0.1) is 0 Å². The van der Waals surface area contributed by atoms with Gasteiger partial charge in [-0.25, -0.2) is 15.0 Å². The number of pyridine rings is 1. The molecule has 61 heavy (non-hydrogen) atoms. The minimum absolute atomic E-state index is 0.577. The molecule has 3 aromatic heterocycles. The third-order valence-corrected chi connectivity index (χ3v) is 11.2. The van der Waals surface area contributed by atoms with Crippen LogP contribution in [-0.4, -0.2) is 19.9 Å². The number of benzene rings is 8. The van der Waals surface area contributed by atoms with Crippen molar-refractivity contribution in [3.05, 3.63) is 219 Å². The second-order valence-electron chi connectivity index (χ2n) is 15.1. The quantitative estimate of drug-likeness (QED) is 0.154. The molecule has 0 bridgehead atoms. The van der Waals surface area contributed by atoms with Gasteiger partial charge in [-0.05, 0) is 81.4 Å². The molecule has 0 aliphatic carbocycles. The Kier molecular flexibility index (Phi) is 9.10. The van der Waals surface area contributed by atoms with E-state index < -0.39 is 0 Å². The third kappa shape index (κ3) is 7.04. The van der Waals surface area contributed by atoms with Gasteiger partial charge in [0, 0.05) is 44.8 Å². The first-order chi connectivity index (χ1) is 30.2. The smallest absolute Gasteiger partial charge is 0.164 e. The summed E-state index contributed by atoms with van der Waals surface area (Å²) in [6.45, 7) is 0. The summed E-state index contributed by atoms with van der Waals surface area (Å²) < 4.78 is 6.48. The second-order valence-corrected chi connectivity index (χ2v) is 15.1. The molecule has 5 heteroatoms. The number of rotatable bonds is 8. The Morgan fingerprint density at radius 3 is 1.36 bits per heavy atom. The van der Waals surface area contributed by atoms with Gasteiger partial charge in [0.05, 0.1) is 5.69 Å². The van der Waals surface area contributed by atoms with Crippen LogP contribution in [0.1, 0.15) is 0 Å². The van der Waals surface area contributed by atoms with E-state index in [-0.39, 0.29) is 0 Å². The molecule has 8 aromatic carbocycles. The van der Waals surface area contributed by atoms with Crippen LogP contribution in [0.5, 0.6) is 0 Å². The van der Waals surface area contributed by atoms with E-state index in [0.29, 0.717) is 17.5 Å². The molecule has 0 aliphatic rings. The summed E-state index contributed by atoms with van der Waals surface area (Å²) in [7, 11) is 0. The van der Waals surface area contributed by atoms with E-state index in [1.807, 2.05) is 72.9 Å². The summed E-state index contributed by atoms with van der Waals surface area (Å²) in [4.78, 5) is 20.3. The lowest BCUT2D eigenvalue weighted by Gasteiger charge is -2.11. The second kappa shape index (κ2) is 15.5. The highest BCUT2D eigenvalue weighted by molar-refractivity contribution is 6.12. The molecule has 0 radical (unpaired) electrons. The van der Waals surface area contributed by atoms with Crippen LogP contribution in [0, 0.1) is 0 Å². The summed E-state index contributed by atoms with van der Waals surface area (Å²) in [5.74, 6) is 1.79. The van der Waals surface area contributed by atoms with E-state index >= 15 is 0 Å². The van der Waals surface area contributed by atoms with Crippen molar-refractivity contribution < 1.29 is 4.42 Å². The van der Waals surface area contributed by atoms with E-state index in [9.17, 15) is 0 Å². The SMILES string of the molecule is c1ccc(-c2ccc(-c3nc(-c4ccccc4)nc(-c4cccc5oc6ccc(-c7ccc(-c8cc(-c9ccccc9)cc(-c9ccccc9)c8)nc7)cc6c45)n3)cc2)cc1. The Labute approximate surface area is 353 Å². The van der Waals surface area contributed by atoms with Crippen LogP contribution in [0.15, 0.2) is 223 Å². The van der Waals surface area contributed by atoms with Gasteiger partial charge in [0.15, 0.2) is 17.5 Å². The van der Waals surface area contributed by atoms with Crippen molar-refractivity contribution in [2.75, 3.05) is 0 Å². The molecule has 0 saturated heterocycles. The molecule has 5 nitrogen and oxygen atoms in total. The number of aromatic nitrogens is 4. The highest BCUT2D eigenvalue weighted by Crippen LogP contribution is 2.39. The first-order valence-corrected chi connectivity index (χ1v) is 20.4. The zero-order chi connectivity index (χ0) is 40.5. The molecule has 0 aliphatic heterocycles. The Balaban J connectivity index is 0.988. The number of hydrogen-bond donors (Lipinski definition) is 0. The van der Waals surface area contributed by atoms with Gasteiger partial charge in [0.2, 0.25) is 0 Å². The van der Waals surface area contributed by atoms with Crippen LogP contribution in [-0.2, 0) is 0 Å². The lowest BCUT2D eigenvalue weighted by atomic mass is 9.94. The van der Waals surface area contributed by atoms with Gasteiger partial charge in [-0.2, -0.15) is 0 Å². The summed E-state index contributed by atoms with van der Waals surface area (Å²) in [5, 5.41) is 1.93. The highest BCUT2D eigenvalue weighted by Gasteiger charge is 2.19. The zero-order valence-corrected chi connectivity index (χ0v) is 33.0. The average Bonchev–Trinajstić information content (AvgIpc) is 3.73. The maximum absolute atomic E-state index is 6.48. The van der Waals surface area contributed by atoms with Crippen molar-refractivity contribution in [2.45, 2.75) is 0 Å². The summed E-state index contributed by atoms with van der Waals surface area (Å²) >= 11 is 0. The Hall–Kier alpha value is -8.28. The fourth-order valence-electron chi connectivity index (χ4n) is 8.08. The van der Waals surface area contributed by atoms with Crippen LogP contribution in [0.3, 0.4) is 0 Å². The Morgan fingerprint density at radius 1 is 0.295 bits per heavy atom. The van der Waals surface area contributed by atoms with E-state index in [4.69, 9.17) is 24.4 Å². The molecule has 0 atom stereocenters. The molecule has 0 unspecified atom stereocenters. The van der Waals surface area contributed by atoms with Gasteiger partial charge >= 0.3 is 0 Å². The molecular formula is C56H36N4O. The fourth-order valence-corrected chi connectivity index (χ4v) is 8.08. The standard InChI is InChI=1S/C56H36N4O/c1-5-14-37(15-6-1)40-24-26-42(27-25-40)55-58-54(41-20-11-4-12-21-41)59-56(60-55)48-22-13-23-52-53(48)49-35-43(29-31-51(49)61-52)44-28-30-50(57-36-44)47-33-45(38-16-7-2-8-17-38)32-46(34-47)39-18-9-3-10-19-39/h1-36H. The predicted molar refractivity (Wildman–Crippen MR) is 248 cm³/mol. The molecule has 0 amide bonds. The molecule has 286 valence electrons. The number of furan rings is 1.